The van der Waals surface area contributed by atoms with Gasteiger partial charge in [0, 0.05) is 18.7 Å². The number of methoxy groups -OCH3 is 1. The number of carbonyl (C=O) groups excluding carboxylic acids is 1. The molecule has 106 valence electrons. The minimum Gasteiger partial charge on any atom is -0.495 e. The lowest BCUT2D eigenvalue weighted by Crippen LogP contribution is -2.21. The minimum absolute atomic E-state index is 0.0584. The van der Waals surface area contributed by atoms with Gasteiger partial charge in [-0.1, -0.05) is 6.92 Å². The van der Waals surface area contributed by atoms with Gasteiger partial charge in [0.2, 0.25) is 5.91 Å². The molecule has 0 spiro atoms. The first-order chi connectivity index (χ1) is 9.10. The largest absolute Gasteiger partial charge is 0.495 e. The Morgan fingerprint density at radius 1 is 1.53 bits per heavy atom. The molecule has 0 saturated carbocycles. The Morgan fingerprint density at radius 3 is 2.84 bits per heavy atom. The average molecular weight is 287 g/mol. The number of aliphatic hydroxyl groups is 1. The molecular weight excluding hydrogens is 268 g/mol. The third-order valence-electron chi connectivity index (χ3n) is 2.51. The Morgan fingerprint density at radius 2 is 2.26 bits per heavy atom. The van der Waals surface area contributed by atoms with Gasteiger partial charge in [-0.25, -0.2) is 0 Å². The van der Waals surface area contributed by atoms with Gasteiger partial charge in [0.25, 0.3) is 0 Å². The molecule has 1 aromatic rings. The van der Waals surface area contributed by atoms with Crippen LogP contribution in [0.2, 0.25) is 0 Å². The summed E-state index contributed by atoms with van der Waals surface area (Å²) in [6.45, 7) is 2.10. The molecule has 0 heterocycles. The third kappa shape index (κ3) is 4.96. The number of benzene rings is 1. The Labute approximate surface area is 117 Å². The van der Waals surface area contributed by atoms with Crippen LogP contribution in [-0.4, -0.2) is 36.7 Å². The molecule has 0 bridgehead atoms. The summed E-state index contributed by atoms with van der Waals surface area (Å²) in [5, 5.41) is 15.2. The van der Waals surface area contributed by atoms with Gasteiger partial charge < -0.3 is 20.5 Å². The van der Waals surface area contributed by atoms with Gasteiger partial charge in [-0.3, -0.25) is 4.79 Å². The van der Waals surface area contributed by atoms with Crippen LogP contribution in [0.5, 0.6) is 5.75 Å². The van der Waals surface area contributed by atoms with Crippen molar-refractivity contribution in [1.82, 2.24) is 0 Å². The normalized spacial score (nSPS) is 11.8. The first-order valence-electron chi connectivity index (χ1n) is 6.06. The summed E-state index contributed by atoms with van der Waals surface area (Å²) in [5.41, 5.74) is 1.37. The van der Waals surface area contributed by atoms with Crippen molar-refractivity contribution in [3.8, 4) is 5.75 Å². The monoisotopic (exact) mass is 286 g/mol. The molecule has 1 atom stereocenters. The third-order valence-corrected chi connectivity index (χ3v) is 2.87. The smallest absolute Gasteiger partial charge is 0.224 e. The minimum atomic E-state index is -0.639. The standard InChI is InChI=1S/C13H19ClN2O3/c1-3-13(18)16-9-4-5-12(19-2)11(6-9)15-8-10(17)7-14/h4-6,10,15,17H,3,7-8H2,1-2H3,(H,16,18). The molecule has 0 fully saturated rings. The van der Waals surface area contributed by atoms with Crippen molar-refractivity contribution in [3.05, 3.63) is 18.2 Å². The van der Waals surface area contributed by atoms with Crippen LogP contribution in [0.1, 0.15) is 13.3 Å². The van der Waals surface area contributed by atoms with E-state index in [1.807, 2.05) is 0 Å². The molecule has 1 amide bonds. The van der Waals surface area contributed by atoms with E-state index < -0.39 is 6.10 Å². The van der Waals surface area contributed by atoms with Crippen LogP contribution in [0.4, 0.5) is 11.4 Å². The molecule has 0 radical (unpaired) electrons. The van der Waals surface area contributed by atoms with E-state index in [9.17, 15) is 9.90 Å². The van der Waals surface area contributed by atoms with Gasteiger partial charge >= 0.3 is 0 Å². The van der Waals surface area contributed by atoms with E-state index in [2.05, 4.69) is 10.6 Å². The predicted molar refractivity (Wildman–Crippen MR) is 77.1 cm³/mol. The molecular formula is C13H19ClN2O3. The molecule has 1 rings (SSSR count). The van der Waals surface area contributed by atoms with Crippen molar-refractivity contribution in [2.45, 2.75) is 19.4 Å². The Hall–Kier alpha value is -1.46. The SMILES string of the molecule is CCC(=O)Nc1ccc(OC)c(NCC(O)CCl)c1. The summed E-state index contributed by atoms with van der Waals surface area (Å²) >= 11 is 5.53. The second-order valence-electron chi connectivity index (χ2n) is 4.01. The maximum Gasteiger partial charge on any atom is 0.224 e. The van der Waals surface area contributed by atoms with Gasteiger partial charge in [0.1, 0.15) is 5.75 Å². The van der Waals surface area contributed by atoms with E-state index in [0.29, 0.717) is 30.1 Å². The summed E-state index contributed by atoms with van der Waals surface area (Å²) in [5.74, 6) is 0.731. The molecule has 0 aliphatic heterocycles. The number of amides is 1. The molecule has 0 aromatic heterocycles. The molecule has 6 heteroatoms. The number of anilines is 2. The van der Waals surface area contributed by atoms with Crippen molar-refractivity contribution in [2.75, 3.05) is 30.2 Å². The highest BCUT2D eigenvalue weighted by Crippen LogP contribution is 2.27. The maximum absolute atomic E-state index is 11.3. The van der Waals surface area contributed by atoms with Gasteiger partial charge in [0.05, 0.1) is 24.8 Å². The van der Waals surface area contributed by atoms with Gasteiger partial charge in [-0.2, -0.15) is 0 Å². The fraction of sp³-hybridized carbons (Fsp3) is 0.462. The van der Waals surface area contributed by atoms with E-state index in [1.54, 1.807) is 32.2 Å². The Balaban J connectivity index is 2.80. The van der Waals surface area contributed by atoms with Crippen LogP contribution in [0.15, 0.2) is 18.2 Å². The van der Waals surface area contributed by atoms with E-state index in [1.165, 1.54) is 0 Å². The molecule has 0 saturated heterocycles. The van der Waals surface area contributed by atoms with E-state index >= 15 is 0 Å². The zero-order chi connectivity index (χ0) is 14.3. The van der Waals surface area contributed by atoms with Crippen LogP contribution < -0.4 is 15.4 Å². The van der Waals surface area contributed by atoms with Crippen LogP contribution in [0, 0.1) is 0 Å². The van der Waals surface area contributed by atoms with Crippen molar-refractivity contribution >= 4 is 28.9 Å². The molecule has 0 aliphatic rings. The number of aliphatic hydroxyl groups excluding tert-OH is 1. The van der Waals surface area contributed by atoms with Gasteiger partial charge in [-0.05, 0) is 18.2 Å². The lowest BCUT2D eigenvalue weighted by Gasteiger charge is -2.15. The first kappa shape index (κ1) is 15.6. The summed E-state index contributed by atoms with van der Waals surface area (Å²) in [4.78, 5) is 11.3. The quantitative estimate of drug-likeness (QED) is 0.671. The highest BCUT2D eigenvalue weighted by Gasteiger charge is 2.08. The summed E-state index contributed by atoms with van der Waals surface area (Å²) in [7, 11) is 1.56. The number of hydrogen-bond acceptors (Lipinski definition) is 4. The summed E-state index contributed by atoms with van der Waals surface area (Å²) in [6, 6.07) is 5.27. The molecule has 1 unspecified atom stereocenters. The zero-order valence-electron chi connectivity index (χ0n) is 11.1. The zero-order valence-corrected chi connectivity index (χ0v) is 11.8. The van der Waals surface area contributed by atoms with Gasteiger partial charge in [0.15, 0.2) is 0 Å². The Bertz CT molecular complexity index is 426. The Kier molecular flexibility index (Phi) is 6.45. The van der Waals surface area contributed by atoms with E-state index in [4.69, 9.17) is 16.3 Å². The molecule has 19 heavy (non-hydrogen) atoms. The summed E-state index contributed by atoms with van der Waals surface area (Å²) in [6.07, 6.45) is -0.222. The van der Waals surface area contributed by atoms with E-state index in [0.717, 1.165) is 0 Å². The van der Waals surface area contributed by atoms with Crippen LogP contribution in [-0.2, 0) is 4.79 Å². The lowest BCUT2D eigenvalue weighted by atomic mass is 10.2. The van der Waals surface area contributed by atoms with Crippen molar-refractivity contribution in [1.29, 1.82) is 0 Å². The van der Waals surface area contributed by atoms with E-state index in [-0.39, 0.29) is 11.8 Å². The van der Waals surface area contributed by atoms with Crippen molar-refractivity contribution in [2.24, 2.45) is 0 Å². The highest BCUT2D eigenvalue weighted by molar-refractivity contribution is 6.18. The number of rotatable bonds is 7. The summed E-state index contributed by atoms with van der Waals surface area (Å²) < 4.78 is 5.21. The number of carbonyl (C=O) groups is 1. The average Bonchev–Trinajstić information content (AvgIpc) is 2.44. The predicted octanol–water partition coefficient (Wildman–Crippen LogP) is 2.06. The number of hydrogen-bond donors (Lipinski definition) is 3. The van der Waals surface area contributed by atoms with Gasteiger partial charge in [-0.15, -0.1) is 11.6 Å². The maximum atomic E-state index is 11.3. The van der Waals surface area contributed by atoms with Crippen LogP contribution >= 0.6 is 11.6 Å². The second kappa shape index (κ2) is 7.86. The fourth-order valence-corrected chi connectivity index (χ4v) is 1.56. The number of ether oxygens (including phenoxy) is 1. The molecule has 3 N–H and O–H groups in total. The first-order valence-corrected chi connectivity index (χ1v) is 6.60. The van der Waals surface area contributed by atoms with Crippen molar-refractivity contribution in [3.63, 3.8) is 0 Å². The molecule has 5 nitrogen and oxygen atoms in total. The van der Waals surface area contributed by atoms with Crippen LogP contribution in [0.25, 0.3) is 0 Å². The van der Waals surface area contributed by atoms with Crippen LogP contribution in [0.3, 0.4) is 0 Å². The molecule has 1 aromatic carbocycles. The second-order valence-corrected chi connectivity index (χ2v) is 4.31. The number of halogens is 1. The topological polar surface area (TPSA) is 70.6 Å². The fourth-order valence-electron chi connectivity index (χ4n) is 1.46. The lowest BCUT2D eigenvalue weighted by molar-refractivity contribution is -0.115. The number of alkyl halides is 1. The number of nitrogens with one attached hydrogen (secondary N) is 2. The highest BCUT2D eigenvalue weighted by atomic mass is 35.5. The van der Waals surface area contributed by atoms with Crippen molar-refractivity contribution < 1.29 is 14.6 Å². The molecule has 0 aliphatic carbocycles.